The van der Waals surface area contributed by atoms with E-state index in [1.54, 1.807) is 4.57 Å². The Morgan fingerprint density at radius 3 is 2.86 bits per heavy atom. The molecular weight excluding hydrogens is 456 g/mol. The molecule has 0 aliphatic carbocycles. The number of ether oxygens (including phenoxy) is 3. The molecule has 0 saturated heterocycles. The lowest BCUT2D eigenvalue weighted by molar-refractivity contribution is 0.140. The molecule has 4 rings (SSSR count). The van der Waals surface area contributed by atoms with E-state index in [4.69, 9.17) is 19.2 Å². The molecule has 0 N–H and O–H groups in total. The summed E-state index contributed by atoms with van der Waals surface area (Å²) in [4.78, 5) is 17.8. The molecule has 152 valence electrons. The van der Waals surface area contributed by atoms with Gasteiger partial charge in [-0.25, -0.2) is 4.98 Å². The maximum Gasteiger partial charge on any atom is 0.262 e. The summed E-state index contributed by atoms with van der Waals surface area (Å²) < 4.78 is 19.0. The van der Waals surface area contributed by atoms with Gasteiger partial charge < -0.3 is 14.2 Å². The number of rotatable bonds is 8. The standard InChI is InChI=1S/C21H21BrN2O4S/c1-2-26-9-5-8-24-20(25)15-6-3-4-7-17(15)23-21(24)29-12-14-10-18-19(11-16(14)22)28-13-27-18/h3-4,6-7,10-11H,2,5,8-9,12-13H2,1H3. The van der Waals surface area contributed by atoms with Crippen molar-refractivity contribution >= 4 is 38.6 Å². The second-order valence-electron chi connectivity index (χ2n) is 6.50. The molecule has 1 aliphatic rings. The van der Waals surface area contributed by atoms with Crippen LogP contribution in [-0.2, 0) is 17.0 Å². The van der Waals surface area contributed by atoms with Crippen molar-refractivity contribution in [2.24, 2.45) is 0 Å². The molecule has 29 heavy (non-hydrogen) atoms. The van der Waals surface area contributed by atoms with E-state index in [2.05, 4.69) is 15.9 Å². The van der Waals surface area contributed by atoms with E-state index in [1.165, 1.54) is 11.8 Å². The minimum Gasteiger partial charge on any atom is -0.454 e. The minimum atomic E-state index is -0.0145. The van der Waals surface area contributed by atoms with Crippen LogP contribution in [0.25, 0.3) is 10.9 Å². The Hall–Kier alpha value is -2.03. The summed E-state index contributed by atoms with van der Waals surface area (Å²) in [5, 5.41) is 1.34. The third kappa shape index (κ3) is 4.44. The molecule has 6 nitrogen and oxygen atoms in total. The number of hydrogen-bond acceptors (Lipinski definition) is 6. The third-order valence-electron chi connectivity index (χ3n) is 4.60. The first-order valence-corrected chi connectivity index (χ1v) is 11.2. The minimum absolute atomic E-state index is 0.0145. The summed E-state index contributed by atoms with van der Waals surface area (Å²) in [6, 6.07) is 11.4. The second kappa shape index (κ2) is 9.19. The highest BCUT2D eigenvalue weighted by molar-refractivity contribution is 9.10. The van der Waals surface area contributed by atoms with Crippen LogP contribution in [0.15, 0.2) is 50.8 Å². The Morgan fingerprint density at radius 2 is 2.03 bits per heavy atom. The van der Waals surface area contributed by atoms with E-state index >= 15 is 0 Å². The molecular formula is C21H21BrN2O4S. The largest absolute Gasteiger partial charge is 0.454 e. The van der Waals surface area contributed by atoms with Gasteiger partial charge in [0.1, 0.15) is 0 Å². The van der Waals surface area contributed by atoms with Gasteiger partial charge in [0.15, 0.2) is 16.7 Å². The van der Waals surface area contributed by atoms with Crippen LogP contribution in [0.1, 0.15) is 18.9 Å². The first-order valence-electron chi connectivity index (χ1n) is 9.45. The quantitative estimate of drug-likeness (QED) is 0.268. The Kier molecular flexibility index (Phi) is 6.42. The van der Waals surface area contributed by atoms with Crippen LogP contribution in [0.2, 0.25) is 0 Å². The zero-order valence-corrected chi connectivity index (χ0v) is 18.4. The molecule has 2 aromatic carbocycles. The van der Waals surface area contributed by atoms with E-state index in [-0.39, 0.29) is 12.4 Å². The maximum atomic E-state index is 13.1. The van der Waals surface area contributed by atoms with Crippen molar-refractivity contribution in [3.8, 4) is 11.5 Å². The fourth-order valence-corrected chi connectivity index (χ4v) is 4.80. The van der Waals surface area contributed by atoms with Crippen LogP contribution < -0.4 is 15.0 Å². The zero-order chi connectivity index (χ0) is 20.2. The topological polar surface area (TPSA) is 62.6 Å². The van der Waals surface area contributed by atoms with E-state index in [1.807, 2.05) is 43.3 Å². The first-order chi connectivity index (χ1) is 14.2. The van der Waals surface area contributed by atoms with Gasteiger partial charge in [-0.15, -0.1) is 0 Å². The third-order valence-corrected chi connectivity index (χ3v) is 6.36. The molecule has 0 radical (unpaired) electrons. The molecule has 0 bridgehead atoms. The molecule has 8 heteroatoms. The summed E-state index contributed by atoms with van der Waals surface area (Å²) in [7, 11) is 0. The first kappa shape index (κ1) is 20.3. The summed E-state index contributed by atoms with van der Waals surface area (Å²) in [5.41, 5.74) is 1.76. The van der Waals surface area contributed by atoms with Gasteiger partial charge in [-0.2, -0.15) is 0 Å². The fourth-order valence-electron chi connectivity index (χ4n) is 3.14. The predicted molar refractivity (Wildman–Crippen MR) is 117 cm³/mol. The second-order valence-corrected chi connectivity index (χ2v) is 8.30. The van der Waals surface area contributed by atoms with Crippen molar-refractivity contribution in [3.63, 3.8) is 0 Å². The lowest BCUT2D eigenvalue weighted by Crippen LogP contribution is -2.24. The summed E-state index contributed by atoms with van der Waals surface area (Å²) in [5.74, 6) is 2.12. The number of nitrogens with zero attached hydrogens (tertiary/aromatic N) is 2. The number of aromatic nitrogens is 2. The summed E-state index contributed by atoms with van der Waals surface area (Å²) in [6.07, 6.45) is 0.759. The van der Waals surface area contributed by atoms with Crippen molar-refractivity contribution in [1.29, 1.82) is 0 Å². The monoisotopic (exact) mass is 476 g/mol. The normalized spacial score (nSPS) is 12.6. The van der Waals surface area contributed by atoms with Crippen LogP contribution in [0.3, 0.4) is 0 Å². The molecule has 0 spiro atoms. The molecule has 2 heterocycles. The van der Waals surface area contributed by atoms with E-state index < -0.39 is 0 Å². The molecule has 0 fully saturated rings. The summed E-state index contributed by atoms with van der Waals surface area (Å²) in [6.45, 7) is 4.07. The maximum absolute atomic E-state index is 13.1. The van der Waals surface area contributed by atoms with E-state index in [9.17, 15) is 4.79 Å². The van der Waals surface area contributed by atoms with E-state index in [0.29, 0.717) is 41.6 Å². The van der Waals surface area contributed by atoms with Gasteiger partial charge in [0.2, 0.25) is 6.79 Å². The van der Waals surface area contributed by atoms with E-state index in [0.717, 1.165) is 28.0 Å². The smallest absolute Gasteiger partial charge is 0.262 e. The van der Waals surface area contributed by atoms with Crippen LogP contribution in [-0.4, -0.2) is 29.6 Å². The Bertz CT molecular complexity index is 1090. The van der Waals surface area contributed by atoms with Crippen LogP contribution in [0, 0.1) is 0 Å². The number of fused-ring (bicyclic) bond motifs is 2. The number of thioether (sulfide) groups is 1. The Morgan fingerprint density at radius 1 is 1.24 bits per heavy atom. The number of halogens is 1. The molecule has 3 aromatic rings. The van der Waals surface area contributed by atoms with Crippen LogP contribution >= 0.6 is 27.7 Å². The summed E-state index contributed by atoms with van der Waals surface area (Å²) >= 11 is 5.14. The zero-order valence-electron chi connectivity index (χ0n) is 16.0. The molecule has 0 atom stereocenters. The number of para-hydroxylation sites is 1. The van der Waals surface area contributed by atoms with Gasteiger partial charge in [0, 0.05) is 30.0 Å². The number of benzene rings is 2. The average Bonchev–Trinajstić information content (AvgIpc) is 3.18. The molecule has 0 amide bonds. The van der Waals surface area contributed by atoms with Crippen LogP contribution in [0.4, 0.5) is 0 Å². The highest BCUT2D eigenvalue weighted by atomic mass is 79.9. The van der Waals surface area contributed by atoms with Crippen LogP contribution in [0.5, 0.6) is 11.5 Å². The highest BCUT2D eigenvalue weighted by Gasteiger charge is 2.18. The SMILES string of the molecule is CCOCCCn1c(SCc2cc3c(cc2Br)OCO3)nc2ccccc2c1=O. The van der Waals surface area contributed by atoms with Crippen molar-refractivity contribution in [2.75, 3.05) is 20.0 Å². The molecule has 1 aliphatic heterocycles. The van der Waals surface area contributed by atoms with Crippen molar-refractivity contribution < 1.29 is 14.2 Å². The number of hydrogen-bond donors (Lipinski definition) is 0. The van der Waals surface area contributed by atoms with Gasteiger partial charge in [-0.05, 0) is 43.2 Å². The lowest BCUT2D eigenvalue weighted by Gasteiger charge is -2.14. The van der Waals surface area contributed by atoms with Gasteiger partial charge in [-0.1, -0.05) is 39.8 Å². The lowest BCUT2D eigenvalue weighted by atomic mass is 10.2. The van der Waals surface area contributed by atoms with Gasteiger partial charge >= 0.3 is 0 Å². The van der Waals surface area contributed by atoms with Crippen molar-refractivity contribution in [1.82, 2.24) is 9.55 Å². The Labute approximate surface area is 181 Å². The highest BCUT2D eigenvalue weighted by Crippen LogP contribution is 2.38. The van der Waals surface area contributed by atoms with Gasteiger partial charge in [0.25, 0.3) is 5.56 Å². The van der Waals surface area contributed by atoms with Gasteiger partial charge in [0.05, 0.1) is 10.9 Å². The van der Waals surface area contributed by atoms with Gasteiger partial charge in [-0.3, -0.25) is 9.36 Å². The van der Waals surface area contributed by atoms with Crippen molar-refractivity contribution in [3.05, 3.63) is 56.8 Å². The molecule has 1 aromatic heterocycles. The Balaban J connectivity index is 1.62. The fraction of sp³-hybridized carbons (Fsp3) is 0.333. The molecule has 0 saturated carbocycles. The molecule has 0 unspecified atom stereocenters. The average molecular weight is 477 g/mol. The predicted octanol–water partition coefficient (Wildman–Crippen LogP) is 4.61. The van der Waals surface area contributed by atoms with Crippen molar-refractivity contribution in [2.45, 2.75) is 30.8 Å².